The maximum atomic E-state index is 11.4. The van der Waals surface area contributed by atoms with Crippen molar-refractivity contribution in [1.29, 1.82) is 0 Å². The van der Waals surface area contributed by atoms with Crippen LogP contribution in [0.5, 0.6) is 0 Å². The lowest BCUT2D eigenvalue weighted by atomic mass is 9.81. The molecule has 8 heteroatoms. The lowest BCUT2D eigenvalue weighted by Crippen LogP contribution is -2.54. The van der Waals surface area contributed by atoms with Gasteiger partial charge < -0.3 is 28.8 Å². The summed E-state index contributed by atoms with van der Waals surface area (Å²) in [5, 5.41) is 10.4. The van der Waals surface area contributed by atoms with Crippen LogP contribution in [0.15, 0.2) is 0 Å². The van der Waals surface area contributed by atoms with E-state index in [1.165, 1.54) is 13.8 Å². The first kappa shape index (κ1) is 24.1. The zero-order valence-electron chi connectivity index (χ0n) is 18.5. The molecular weight excluding hydrogens is 380 g/mol. The highest BCUT2D eigenvalue weighted by Crippen LogP contribution is 2.35. The number of rotatable bonds is 6. The van der Waals surface area contributed by atoms with E-state index in [0.29, 0.717) is 6.61 Å². The van der Waals surface area contributed by atoms with Gasteiger partial charge in [0.1, 0.15) is 18.8 Å². The quantitative estimate of drug-likeness (QED) is 0.656. The molecule has 2 aliphatic rings. The van der Waals surface area contributed by atoms with E-state index in [2.05, 4.69) is 13.8 Å². The third-order valence-corrected chi connectivity index (χ3v) is 6.45. The van der Waals surface area contributed by atoms with Gasteiger partial charge in [0.15, 0.2) is 6.29 Å². The minimum absolute atomic E-state index is 0.0120. The highest BCUT2D eigenvalue weighted by atomic mass is 16.7. The molecule has 0 aromatic carbocycles. The average molecular weight is 417 g/mol. The lowest BCUT2D eigenvalue weighted by Gasteiger charge is -2.45. The third-order valence-electron chi connectivity index (χ3n) is 6.45. The normalized spacial score (nSPS) is 42.9. The Labute approximate surface area is 173 Å². The van der Waals surface area contributed by atoms with Crippen molar-refractivity contribution < 1.29 is 38.4 Å². The zero-order chi connectivity index (χ0) is 21.9. The fourth-order valence-electron chi connectivity index (χ4n) is 4.12. The van der Waals surface area contributed by atoms with Crippen LogP contribution < -0.4 is 0 Å². The van der Waals surface area contributed by atoms with E-state index >= 15 is 0 Å². The lowest BCUT2D eigenvalue weighted by molar-refractivity contribution is -0.284. The zero-order valence-corrected chi connectivity index (χ0v) is 18.5. The summed E-state index contributed by atoms with van der Waals surface area (Å²) in [6.07, 6.45) is -2.60. The van der Waals surface area contributed by atoms with Gasteiger partial charge in [0.05, 0.1) is 24.9 Å². The number of esters is 2. The predicted molar refractivity (Wildman–Crippen MR) is 104 cm³/mol. The number of hydrogen-bond donors (Lipinski definition) is 1. The number of aliphatic hydroxyl groups excluding tert-OH is 1. The Morgan fingerprint density at radius 2 is 1.48 bits per heavy atom. The van der Waals surface area contributed by atoms with Gasteiger partial charge in [0.2, 0.25) is 0 Å². The summed E-state index contributed by atoms with van der Waals surface area (Å²) in [4.78, 5) is 22.5. The SMILES string of the molecule is CC(=O)OCC1O[C@H](OCC2OC(C)C(OC(C)=O)[C@@H](C)[C@@H]2C)C(C)[C@@H](C)[C@H]1O. The largest absolute Gasteiger partial charge is 0.463 e. The molecule has 0 bridgehead atoms. The Hall–Kier alpha value is -1.22. The summed E-state index contributed by atoms with van der Waals surface area (Å²) >= 11 is 0. The number of hydrogen-bond acceptors (Lipinski definition) is 8. The molecule has 2 saturated heterocycles. The van der Waals surface area contributed by atoms with E-state index in [1.807, 2.05) is 20.8 Å². The third kappa shape index (κ3) is 5.90. The molecule has 10 atom stereocenters. The van der Waals surface area contributed by atoms with Crippen molar-refractivity contribution in [2.24, 2.45) is 23.7 Å². The highest BCUT2D eigenvalue weighted by Gasteiger charge is 2.44. The second-order valence-corrected chi connectivity index (χ2v) is 8.56. The number of aliphatic hydroxyl groups is 1. The fourth-order valence-corrected chi connectivity index (χ4v) is 4.12. The summed E-state index contributed by atoms with van der Waals surface area (Å²) in [6.45, 7) is 12.9. The van der Waals surface area contributed by atoms with Crippen LogP contribution in [-0.2, 0) is 33.3 Å². The maximum absolute atomic E-state index is 11.4. The van der Waals surface area contributed by atoms with Crippen LogP contribution in [0.1, 0.15) is 48.5 Å². The molecule has 0 aliphatic carbocycles. The molecule has 0 spiro atoms. The molecular formula is C21H36O8. The Kier molecular flexibility index (Phi) is 8.46. The molecule has 0 aromatic rings. The van der Waals surface area contributed by atoms with Crippen LogP contribution in [0.3, 0.4) is 0 Å². The van der Waals surface area contributed by atoms with E-state index in [-0.39, 0.29) is 54.6 Å². The van der Waals surface area contributed by atoms with Crippen molar-refractivity contribution >= 4 is 11.9 Å². The van der Waals surface area contributed by atoms with E-state index in [1.54, 1.807) is 0 Å². The van der Waals surface area contributed by atoms with Gasteiger partial charge in [-0.1, -0.05) is 27.7 Å². The fraction of sp³-hybridized carbons (Fsp3) is 0.905. The summed E-state index contributed by atoms with van der Waals surface area (Å²) in [6, 6.07) is 0. The average Bonchev–Trinajstić information content (AvgIpc) is 2.65. The summed E-state index contributed by atoms with van der Waals surface area (Å²) in [7, 11) is 0. The number of carbonyl (C=O) groups is 2. The second kappa shape index (κ2) is 10.2. The monoisotopic (exact) mass is 416 g/mol. The van der Waals surface area contributed by atoms with Crippen LogP contribution in [0.2, 0.25) is 0 Å². The smallest absolute Gasteiger partial charge is 0.303 e. The van der Waals surface area contributed by atoms with Crippen molar-refractivity contribution in [2.75, 3.05) is 13.2 Å². The van der Waals surface area contributed by atoms with Crippen molar-refractivity contribution in [3.63, 3.8) is 0 Å². The van der Waals surface area contributed by atoms with Crippen LogP contribution in [0.25, 0.3) is 0 Å². The van der Waals surface area contributed by atoms with Crippen LogP contribution in [0, 0.1) is 23.7 Å². The van der Waals surface area contributed by atoms with Gasteiger partial charge in [-0.05, 0) is 18.8 Å². The highest BCUT2D eigenvalue weighted by molar-refractivity contribution is 5.66. The van der Waals surface area contributed by atoms with Gasteiger partial charge in [-0.15, -0.1) is 0 Å². The van der Waals surface area contributed by atoms with Crippen molar-refractivity contribution in [2.45, 2.75) is 85.3 Å². The molecule has 5 unspecified atom stereocenters. The Morgan fingerprint density at radius 3 is 2.07 bits per heavy atom. The molecule has 29 heavy (non-hydrogen) atoms. The first-order valence-electron chi connectivity index (χ1n) is 10.4. The van der Waals surface area contributed by atoms with E-state index < -0.39 is 24.5 Å². The Balaban J connectivity index is 1.96. The van der Waals surface area contributed by atoms with Crippen LogP contribution in [0.4, 0.5) is 0 Å². The molecule has 0 aromatic heterocycles. The summed E-state index contributed by atoms with van der Waals surface area (Å²) in [5.74, 6) is -0.603. The molecule has 168 valence electrons. The minimum atomic E-state index is -0.737. The topological polar surface area (TPSA) is 101 Å². The standard InChI is InChI=1S/C21H36O8/c1-10-12(3)20(28-16(7)23)14(5)27-17(10)8-26-21-13(4)11(2)19(24)18(29-21)9-25-15(6)22/h10-14,17-21,24H,8-9H2,1-7H3/t10-,11+,12-,13?,14?,17?,18?,19+,20?,21-/m0/s1. The molecule has 2 heterocycles. The van der Waals surface area contributed by atoms with E-state index in [9.17, 15) is 14.7 Å². The Bertz CT molecular complexity index is 567. The van der Waals surface area contributed by atoms with E-state index in [0.717, 1.165) is 0 Å². The molecule has 2 aliphatic heterocycles. The van der Waals surface area contributed by atoms with Gasteiger partial charge in [-0.25, -0.2) is 0 Å². The van der Waals surface area contributed by atoms with Crippen molar-refractivity contribution in [3.8, 4) is 0 Å². The first-order valence-corrected chi connectivity index (χ1v) is 10.4. The number of ether oxygens (including phenoxy) is 5. The molecule has 0 amide bonds. The van der Waals surface area contributed by atoms with Gasteiger partial charge in [-0.3, -0.25) is 9.59 Å². The van der Waals surface area contributed by atoms with Crippen LogP contribution in [-0.4, -0.2) is 67.1 Å². The van der Waals surface area contributed by atoms with Crippen molar-refractivity contribution in [1.82, 2.24) is 0 Å². The molecule has 2 rings (SSSR count). The Morgan fingerprint density at radius 1 is 0.828 bits per heavy atom. The molecule has 0 saturated carbocycles. The minimum Gasteiger partial charge on any atom is -0.463 e. The van der Waals surface area contributed by atoms with Crippen molar-refractivity contribution in [3.05, 3.63) is 0 Å². The molecule has 1 N–H and O–H groups in total. The predicted octanol–water partition coefficient (Wildman–Crippen LogP) is 1.92. The number of carbonyl (C=O) groups excluding carboxylic acids is 2. The molecule has 8 nitrogen and oxygen atoms in total. The van der Waals surface area contributed by atoms with Crippen LogP contribution >= 0.6 is 0 Å². The van der Waals surface area contributed by atoms with Gasteiger partial charge >= 0.3 is 11.9 Å². The maximum Gasteiger partial charge on any atom is 0.303 e. The van der Waals surface area contributed by atoms with Gasteiger partial charge in [-0.2, -0.15) is 0 Å². The first-order chi connectivity index (χ1) is 13.5. The summed E-state index contributed by atoms with van der Waals surface area (Å²) < 4.78 is 28.5. The van der Waals surface area contributed by atoms with Gasteiger partial charge in [0, 0.05) is 25.7 Å². The van der Waals surface area contributed by atoms with E-state index in [4.69, 9.17) is 23.7 Å². The summed E-state index contributed by atoms with van der Waals surface area (Å²) in [5.41, 5.74) is 0. The van der Waals surface area contributed by atoms with Gasteiger partial charge in [0.25, 0.3) is 0 Å². The second-order valence-electron chi connectivity index (χ2n) is 8.56. The molecule has 0 radical (unpaired) electrons. The molecule has 2 fully saturated rings.